The van der Waals surface area contributed by atoms with Gasteiger partial charge >= 0.3 is 16.8 Å². The van der Waals surface area contributed by atoms with Gasteiger partial charge in [-0.25, -0.2) is 18.6 Å². The Morgan fingerprint density at radius 3 is 1.00 bits per heavy atom. The minimum absolute atomic E-state index is 0. The molecule has 4 N–H and O–H groups in total. The van der Waals surface area contributed by atoms with E-state index >= 15 is 0 Å². The van der Waals surface area contributed by atoms with Gasteiger partial charge in [0.2, 0.25) is 0 Å². The Bertz CT molecular complexity index is 54.5. The molecule has 1 radical (unpaired) electrons. The van der Waals surface area contributed by atoms with Crippen molar-refractivity contribution in [3.8, 4) is 0 Å². The van der Waals surface area contributed by atoms with Gasteiger partial charge in [-0.15, -0.1) is 10.2 Å². The van der Waals surface area contributed by atoms with Crippen LogP contribution in [0.2, 0.25) is 0 Å². The van der Waals surface area contributed by atoms with Gasteiger partial charge in [-0.2, -0.15) is 0 Å². The molecule has 0 rings (SSSR count). The van der Waals surface area contributed by atoms with Crippen molar-refractivity contribution in [1.29, 1.82) is 0 Å². The molecule has 0 unspecified atom stereocenters. The summed E-state index contributed by atoms with van der Waals surface area (Å²) in [4.78, 5) is 0. The van der Waals surface area contributed by atoms with Crippen LogP contribution in [-0.2, 0) is 16.8 Å². The molecule has 0 aliphatic carbocycles. The molecule has 0 aromatic heterocycles. The minimum Gasteiger partial charge on any atom is -1.00 e. The molecule has 0 bridgehead atoms. The van der Waals surface area contributed by atoms with Crippen molar-refractivity contribution in [1.82, 2.24) is 0 Å². The van der Waals surface area contributed by atoms with Gasteiger partial charge in [-0.3, -0.25) is 0 Å². The largest absolute Gasteiger partial charge is 2.00 e. The van der Waals surface area contributed by atoms with E-state index in [1.54, 1.807) is 0 Å². The predicted molar refractivity (Wildman–Crippen MR) is 18.1 cm³/mol. The first-order chi connectivity index (χ1) is 3.91. The van der Waals surface area contributed by atoms with Crippen molar-refractivity contribution in [2.75, 3.05) is 13.1 Å². The molecule has 0 heterocycles. The fourth-order valence-corrected chi connectivity index (χ4v) is 0. The second kappa shape index (κ2) is 13.4. The van der Waals surface area contributed by atoms with Crippen LogP contribution in [-0.4, -0.2) is 13.1 Å². The van der Waals surface area contributed by atoms with Gasteiger partial charge in [0.25, 0.3) is 0 Å². The van der Waals surface area contributed by atoms with Crippen LogP contribution >= 0.6 is 0 Å². The van der Waals surface area contributed by atoms with Gasteiger partial charge in [0, 0.05) is 13.1 Å². The van der Waals surface area contributed by atoms with E-state index in [0.717, 1.165) is 0 Å². The van der Waals surface area contributed by atoms with Crippen molar-refractivity contribution in [2.24, 2.45) is 11.5 Å². The molecule has 9 heteroatoms. The molecule has 0 fully saturated rings. The fourth-order valence-electron chi connectivity index (χ4n) is 0. The molecule has 6 nitrogen and oxygen atoms in total. The zero-order valence-electron chi connectivity index (χ0n) is 5.29. The maximum atomic E-state index is 8.49. The van der Waals surface area contributed by atoms with Gasteiger partial charge < -0.3 is 23.9 Å². The van der Waals surface area contributed by atoms with E-state index in [2.05, 4.69) is 0 Å². The summed E-state index contributed by atoms with van der Waals surface area (Å²) in [5.74, 6) is 0. The van der Waals surface area contributed by atoms with E-state index in [1.807, 2.05) is 0 Å². The first-order valence-corrected chi connectivity index (χ1v) is 3.17. The van der Waals surface area contributed by atoms with Gasteiger partial charge in [0.1, 0.15) is 0 Å². The molecule has 0 aliphatic rings. The standard InChI is InChI=1S/C2H8N2.ClHO4.ClH.Co/c3-1-2-4;2-1(3,4)5;;/h1-4H2;(H,2,3,4,5);1H;/q;;;+2/p-2. The quantitative estimate of drug-likeness (QED) is 0.475. The van der Waals surface area contributed by atoms with Crippen molar-refractivity contribution < 1.29 is 58.1 Å². The van der Waals surface area contributed by atoms with Crippen LogP contribution in [0.25, 0.3) is 0 Å². The number of hydrogen-bond acceptors (Lipinski definition) is 6. The molecule has 0 saturated carbocycles. The van der Waals surface area contributed by atoms with E-state index in [1.165, 1.54) is 0 Å². The second-order valence-electron chi connectivity index (χ2n) is 0.955. The third-order valence-corrected chi connectivity index (χ3v) is 0.167. The van der Waals surface area contributed by atoms with E-state index in [0.29, 0.717) is 13.1 Å². The van der Waals surface area contributed by atoms with Crippen LogP contribution in [0.5, 0.6) is 0 Å². The monoisotopic (exact) mass is 253 g/mol. The molecule has 0 aromatic carbocycles. The van der Waals surface area contributed by atoms with E-state index in [9.17, 15) is 0 Å². The third-order valence-electron chi connectivity index (χ3n) is 0.167. The van der Waals surface area contributed by atoms with Crippen LogP contribution in [0.4, 0.5) is 0 Å². The van der Waals surface area contributed by atoms with E-state index in [4.69, 9.17) is 30.1 Å². The molecular formula is C2H8Cl2CoN2O4. The van der Waals surface area contributed by atoms with Crippen LogP contribution in [0.3, 0.4) is 0 Å². The van der Waals surface area contributed by atoms with Gasteiger partial charge in [0.15, 0.2) is 0 Å². The maximum Gasteiger partial charge on any atom is 2.00 e. The summed E-state index contributed by atoms with van der Waals surface area (Å²) in [6, 6.07) is 0. The van der Waals surface area contributed by atoms with Crippen LogP contribution in [0.15, 0.2) is 0 Å². The summed E-state index contributed by atoms with van der Waals surface area (Å²) in [6.45, 7) is 1.19. The molecule has 0 aromatic rings. The normalized spacial score (nSPS) is 8.18. The van der Waals surface area contributed by atoms with Crippen molar-refractivity contribution in [2.45, 2.75) is 0 Å². The summed E-state index contributed by atoms with van der Waals surface area (Å²) in [7, 11) is -4.94. The Hall–Kier alpha value is 0.846. The van der Waals surface area contributed by atoms with Gasteiger partial charge in [-0.1, -0.05) is 0 Å². The molecule has 0 spiro atoms. The van der Waals surface area contributed by atoms with Crippen molar-refractivity contribution >= 4 is 0 Å². The maximum absolute atomic E-state index is 8.49. The number of rotatable bonds is 1. The Morgan fingerprint density at radius 2 is 1.00 bits per heavy atom. The van der Waals surface area contributed by atoms with Gasteiger partial charge in [-0.05, 0) is 0 Å². The van der Waals surface area contributed by atoms with Crippen LogP contribution in [0, 0.1) is 10.2 Å². The van der Waals surface area contributed by atoms with Gasteiger partial charge in [0.05, 0.1) is 0 Å². The average Bonchev–Trinajstić information content (AvgIpc) is 1.61. The second-order valence-corrected chi connectivity index (χ2v) is 1.71. The Labute approximate surface area is 82.9 Å². The smallest absolute Gasteiger partial charge is 1.00 e. The number of hydrogen-bond donors (Lipinski definition) is 2. The number of nitrogens with two attached hydrogens (primary N) is 2. The summed E-state index contributed by atoms with van der Waals surface area (Å²) in [5.41, 5.74) is 9.81. The Kier molecular flexibility index (Phi) is 27.7. The zero-order chi connectivity index (χ0) is 7.91. The minimum atomic E-state index is -4.94. The zero-order valence-corrected chi connectivity index (χ0v) is 7.84. The summed E-state index contributed by atoms with van der Waals surface area (Å²) >= 11 is 0. The Morgan fingerprint density at radius 1 is 0.909 bits per heavy atom. The fraction of sp³-hybridized carbons (Fsp3) is 1.00. The first-order valence-electron chi connectivity index (χ1n) is 1.93. The average molecular weight is 254 g/mol. The van der Waals surface area contributed by atoms with E-state index in [-0.39, 0.29) is 29.2 Å². The molecule has 0 amide bonds. The first kappa shape index (κ1) is 22.6. The third kappa shape index (κ3) is 249. The molecule has 0 atom stereocenters. The molecule has 0 aliphatic heterocycles. The summed E-state index contributed by atoms with van der Waals surface area (Å²) < 4.78 is 34.0. The topological polar surface area (TPSA) is 144 Å². The SMILES string of the molecule is NCCN.[Cl-].[Co+2].[O-][Cl+3]([O-])([O-])[O-]. The molecule has 73 valence electrons. The Balaban J connectivity index is -0.0000000383. The molecular weight excluding hydrogens is 246 g/mol. The van der Waals surface area contributed by atoms with Crippen molar-refractivity contribution in [3.05, 3.63) is 0 Å². The summed E-state index contributed by atoms with van der Waals surface area (Å²) in [6.07, 6.45) is 0. The van der Waals surface area contributed by atoms with Crippen LogP contribution < -0.4 is 42.5 Å². The molecule has 0 saturated heterocycles. The van der Waals surface area contributed by atoms with Crippen LogP contribution in [0.1, 0.15) is 0 Å². The van der Waals surface area contributed by atoms with Crippen molar-refractivity contribution in [3.63, 3.8) is 0 Å². The summed E-state index contributed by atoms with van der Waals surface area (Å²) in [5, 5.41) is 0. The van der Waals surface area contributed by atoms with E-state index < -0.39 is 10.2 Å². The molecule has 11 heavy (non-hydrogen) atoms. The number of halogens is 2. The predicted octanol–water partition coefficient (Wildman–Crippen LogP) is -8.85.